The van der Waals surface area contributed by atoms with Crippen LogP contribution in [0.5, 0.6) is 0 Å². The van der Waals surface area contributed by atoms with Gasteiger partial charge in [0.1, 0.15) is 0 Å². The van der Waals surface area contributed by atoms with E-state index in [1.165, 1.54) is 4.31 Å². The number of hydrogen-bond donors (Lipinski definition) is 2. The van der Waals surface area contributed by atoms with Crippen LogP contribution in [0.2, 0.25) is 0 Å². The quantitative estimate of drug-likeness (QED) is 0.742. The zero-order chi connectivity index (χ0) is 13.1. The zero-order valence-corrected chi connectivity index (χ0v) is 11.8. The lowest BCUT2D eigenvalue weighted by atomic mass is 9.88. The fraction of sp³-hybridized carbons (Fsp3) is 1.00. The minimum absolute atomic E-state index is 0.0565. The number of aliphatic hydroxyl groups excluding tert-OH is 1. The normalized spacial score (nSPS) is 20.4. The van der Waals surface area contributed by atoms with Crippen molar-refractivity contribution in [2.45, 2.75) is 45.6 Å². The molecule has 0 bridgehead atoms. The van der Waals surface area contributed by atoms with E-state index in [2.05, 4.69) is 4.72 Å². The molecule has 1 fully saturated rings. The molecule has 2 N–H and O–H groups in total. The molecular weight excluding hydrogens is 240 g/mol. The lowest BCUT2D eigenvalue weighted by Gasteiger charge is -2.29. The van der Waals surface area contributed by atoms with E-state index in [1.54, 1.807) is 7.05 Å². The molecule has 0 atom stereocenters. The van der Waals surface area contributed by atoms with Crippen molar-refractivity contribution >= 4 is 10.2 Å². The maximum atomic E-state index is 11.9. The van der Waals surface area contributed by atoms with Crippen molar-refractivity contribution < 1.29 is 13.5 Å². The highest BCUT2D eigenvalue weighted by molar-refractivity contribution is 7.87. The van der Waals surface area contributed by atoms with Crippen molar-refractivity contribution in [2.75, 3.05) is 20.2 Å². The lowest BCUT2D eigenvalue weighted by Crippen LogP contribution is -2.46. The Hall–Kier alpha value is -0.170. The second kappa shape index (κ2) is 5.65. The predicted molar refractivity (Wildman–Crippen MR) is 67.8 cm³/mol. The lowest BCUT2D eigenvalue weighted by molar-refractivity contribution is 0.134. The largest absolute Gasteiger partial charge is 0.396 e. The molecule has 0 aromatic rings. The third kappa shape index (κ3) is 3.64. The van der Waals surface area contributed by atoms with Gasteiger partial charge in [0.15, 0.2) is 0 Å². The van der Waals surface area contributed by atoms with Gasteiger partial charge in [-0.25, -0.2) is 4.72 Å². The Morgan fingerprint density at radius 2 is 1.88 bits per heavy atom. The van der Waals surface area contributed by atoms with Gasteiger partial charge in [0.2, 0.25) is 0 Å². The molecule has 0 aromatic carbocycles. The Balaban J connectivity index is 2.60. The van der Waals surface area contributed by atoms with Gasteiger partial charge in [-0.05, 0) is 26.7 Å². The summed E-state index contributed by atoms with van der Waals surface area (Å²) in [5.74, 6) is 0. The molecule has 0 aliphatic heterocycles. The van der Waals surface area contributed by atoms with Gasteiger partial charge in [-0.1, -0.05) is 12.8 Å². The Morgan fingerprint density at radius 1 is 1.35 bits per heavy atom. The molecule has 0 amide bonds. The van der Waals surface area contributed by atoms with E-state index in [-0.39, 0.29) is 18.1 Å². The van der Waals surface area contributed by atoms with E-state index >= 15 is 0 Å². The molecule has 5 nitrogen and oxygen atoms in total. The highest BCUT2D eigenvalue weighted by Gasteiger charge is 2.35. The molecule has 0 unspecified atom stereocenters. The first-order chi connectivity index (χ1) is 7.83. The highest BCUT2D eigenvalue weighted by Crippen LogP contribution is 2.37. The fourth-order valence-electron chi connectivity index (χ4n) is 2.14. The van der Waals surface area contributed by atoms with Gasteiger partial charge in [0.25, 0.3) is 10.2 Å². The van der Waals surface area contributed by atoms with E-state index in [4.69, 9.17) is 0 Å². The molecule has 1 saturated carbocycles. The van der Waals surface area contributed by atoms with Crippen LogP contribution in [-0.4, -0.2) is 44.1 Å². The topological polar surface area (TPSA) is 69.6 Å². The monoisotopic (exact) mass is 264 g/mol. The average Bonchev–Trinajstić information content (AvgIpc) is 2.75. The van der Waals surface area contributed by atoms with Crippen molar-refractivity contribution in [1.82, 2.24) is 9.03 Å². The molecule has 1 aliphatic carbocycles. The fourth-order valence-corrected chi connectivity index (χ4v) is 3.39. The highest BCUT2D eigenvalue weighted by atomic mass is 32.2. The molecule has 0 heterocycles. The maximum absolute atomic E-state index is 11.9. The third-order valence-electron chi connectivity index (χ3n) is 3.74. The van der Waals surface area contributed by atoms with Crippen molar-refractivity contribution in [2.24, 2.45) is 5.41 Å². The Bertz CT molecular complexity index is 335. The molecule has 102 valence electrons. The van der Waals surface area contributed by atoms with E-state index < -0.39 is 10.2 Å². The van der Waals surface area contributed by atoms with Gasteiger partial charge < -0.3 is 5.11 Å². The molecule has 1 rings (SSSR count). The summed E-state index contributed by atoms with van der Waals surface area (Å²) in [5.41, 5.74) is -0.245. The van der Waals surface area contributed by atoms with E-state index in [0.717, 1.165) is 25.7 Å². The molecule has 17 heavy (non-hydrogen) atoms. The van der Waals surface area contributed by atoms with Crippen molar-refractivity contribution in [3.05, 3.63) is 0 Å². The summed E-state index contributed by atoms with van der Waals surface area (Å²) < 4.78 is 27.8. The van der Waals surface area contributed by atoms with E-state index in [1.807, 2.05) is 13.8 Å². The number of hydrogen-bond acceptors (Lipinski definition) is 3. The van der Waals surface area contributed by atoms with Crippen LogP contribution in [0.25, 0.3) is 0 Å². The van der Waals surface area contributed by atoms with Crippen molar-refractivity contribution in [1.29, 1.82) is 0 Å². The third-order valence-corrected chi connectivity index (χ3v) is 5.42. The van der Waals surface area contributed by atoms with Gasteiger partial charge in [-0.2, -0.15) is 12.7 Å². The Kier molecular flexibility index (Phi) is 4.95. The number of rotatable bonds is 6. The average molecular weight is 264 g/mol. The molecule has 0 aromatic heterocycles. The number of nitrogens with zero attached hydrogens (tertiary/aromatic N) is 1. The molecule has 0 saturated heterocycles. The van der Waals surface area contributed by atoms with Crippen LogP contribution >= 0.6 is 0 Å². The Morgan fingerprint density at radius 3 is 2.29 bits per heavy atom. The minimum Gasteiger partial charge on any atom is -0.396 e. The Labute approximate surface area is 104 Å². The summed E-state index contributed by atoms with van der Waals surface area (Å²) >= 11 is 0. The summed E-state index contributed by atoms with van der Waals surface area (Å²) in [6.07, 6.45) is 3.94. The zero-order valence-electron chi connectivity index (χ0n) is 10.9. The summed E-state index contributed by atoms with van der Waals surface area (Å²) in [4.78, 5) is 0. The second-order valence-corrected chi connectivity index (χ2v) is 7.12. The van der Waals surface area contributed by atoms with Crippen LogP contribution in [0, 0.1) is 5.41 Å². The number of nitrogens with one attached hydrogen (secondary N) is 1. The van der Waals surface area contributed by atoms with Crippen LogP contribution in [0.1, 0.15) is 39.5 Å². The van der Waals surface area contributed by atoms with Crippen LogP contribution in [0.3, 0.4) is 0 Å². The van der Waals surface area contributed by atoms with Crippen molar-refractivity contribution in [3.63, 3.8) is 0 Å². The van der Waals surface area contributed by atoms with Crippen LogP contribution in [0.15, 0.2) is 0 Å². The SMILES string of the molecule is CC(C)N(C)S(=O)(=O)NCC1(CO)CCCC1. The van der Waals surface area contributed by atoms with Gasteiger partial charge in [-0.3, -0.25) is 0 Å². The molecular formula is C11H24N2O3S. The minimum atomic E-state index is -3.42. The maximum Gasteiger partial charge on any atom is 0.279 e. The molecule has 0 radical (unpaired) electrons. The standard InChI is InChI=1S/C11H24N2O3S/c1-10(2)13(3)17(15,16)12-8-11(9-14)6-4-5-7-11/h10,12,14H,4-9H2,1-3H3. The summed E-state index contributed by atoms with van der Waals surface area (Å²) in [7, 11) is -1.86. The van der Waals surface area contributed by atoms with Crippen LogP contribution in [-0.2, 0) is 10.2 Å². The second-order valence-electron chi connectivity index (χ2n) is 5.30. The first kappa shape index (κ1) is 14.9. The molecule has 1 aliphatic rings. The molecule has 6 heteroatoms. The predicted octanol–water partition coefficient (Wildman–Crippen LogP) is 0.714. The van der Waals surface area contributed by atoms with Gasteiger partial charge in [0.05, 0.1) is 0 Å². The van der Waals surface area contributed by atoms with Crippen LogP contribution in [0.4, 0.5) is 0 Å². The summed E-state index contributed by atoms with van der Waals surface area (Å²) in [6.45, 7) is 4.05. The van der Waals surface area contributed by atoms with E-state index in [0.29, 0.717) is 6.54 Å². The van der Waals surface area contributed by atoms with Gasteiger partial charge in [-0.15, -0.1) is 0 Å². The van der Waals surface area contributed by atoms with E-state index in [9.17, 15) is 13.5 Å². The van der Waals surface area contributed by atoms with Crippen molar-refractivity contribution in [3.8, 4) is 0 Å². The van der Waals surface area contributed by atoms with Gasteiger partial charge in [0, 0.05) is 31.7 Å². The number of aliphatic hydroxyl groups is 1. The first-order valence-corrected chi connectivity index (χ1v) is 7.60. The van der Waals surface area contributed by atoms with Crippen LogP contribution < -0.4 is 4.72 Å². The summed E-state index contributed by atoms with van der Waals surface area (Å²) in [5, 5.41) is 9.41. The summed E-state index contributed by atoms with van der Waals surface area (Å²) in [6, 6.07) is -0.0684. The first-order valence-electron chi connectivity index (χ1n) is 6.16. The van der Waals surface area contributed by atoms with Gasteiger partial charge >= 0.3 is 0 Å². The molecule has 0 spiro atoms. The smallest absolute Gasteiger partial charge is 0.279 e.